The minimum atomic E-state index is -4.37. The van der Waals surface area contributed by atoms with Gasteiger partial charge in [0.1, 0.15) is 11.1 Å². The minimum Gasteiger partial charge on any atom is -0.438 e. The zero-order chi connectivity index (χ0) is 26.3. The van der Waals surface area contributed by atoms with E-state index in [1.807, 2.05) is 6.07 Å². The van der Waals surface area contributed by atoms with Crippen LogP contribution in [0.1, 0.15) is 41.1 Å². The third-order valence-corrected chi connectivity index (χ3v) is 7.33. The second-order valence-electron chi connectivity index (χ2n) is 10.0. The van der Waals surface area contributed by atoms with E-state index in [0.717, 1.165) is 31.5 Å². The van der Waals surface area contributed by atoms with E-state index >= 15 is 0 Å². The second kappa shape index (κ2) is 9.82. The Bertz CT molecular complexity index is 1290. The molecule has 3 aromatic rings. The molecule has 0 bridgehead atoms. The van der Waals surface area contributed by atoms with Gasteiger partial charge in [0.2, 0.25) is 5.88 Å². The number of halogens is 3. The quantitative estimate of drug-likeness (QED) is 0.479. The lowest BCUT2D eigenvalue weighted by Gasteiger charge is -2.39. The number of alkyl halides is 3. The minimum absolute atomic E-state index is 0.0724. The topological polar surface area (TPSA) is 127 Å². The first-order valence-corrected chi connectivity index (χ1v) is 12.3. The van der Waals surface area contributed by atoms with E-state index in [2.05, 4.69) is 27.2 Å². The molecule has 3 aromatic heterocycles. The number of nitrogens with zero attached hydrogens (tertiary/aromatic N) is 4. The molecule has 0 aliphatic carbocycles. The van der Waals surface area contributed by atoms with Gasteiger partial charge in [-0.15, -0.1) is 0 Å². The van der Waals surface area contributed by atoms with Crippen LogP contribution in [-0.2, 0) is 0 Å². The van der Waals surface area contributed by atoms with Crippen LogP contribution in [0.3, 0.4) is 0 Å². The molecule has 5 N–H and O–H groups in total. The Kier molecular flexibility index (Phi) is 6.71. The number of rotatable bonds is 4. The second-order valence-corrected chi connectivity index (χ2v) is 10.0. The molecule has 2 atom stereocenters. The summed E-state index contributed by atoms with van der Waals surface area (Å²) >= 11 is 0. The highest BCUT2D eigenvalue weighted by atomic mass is 19.4. The van der Waals surface area contributed by atoms with Gasteiger partial charge in [0, 0.05) is 31.5 Å². The molecule has 0 saturated carbocycles. The molecule has 2 saturated heterocycles. The number of nitrogens with two attached hydrogens (primary N) is 2. The van der Waals surface area contributed by atoms with Crippen LogP contribution >= 0.6 is 0 Å². The van der Waals surface area contributed by atoms with Crippen LogP contribution in [0.25, 0.3) is 11.1 Å². The molecule has 2 aliphatic heterocycles. The normalized spacial score (nSPS) is 21.9. The highest BCUT2D eigenvalue weighted by Gasteiger charge is 2.44. The fourth-order valence-electron chi connectivity index (χ4n) is 5.31. The molecule has 5 heterocycles. The number of amides is 1. The maximum absolute atomic E-state index is 13.5. The summed E-state index contributed by atoms with van der Waals surface area (Å²) in [6, 6.07) is 2.78. The zero-order valence-electron chi connectivity index (χ0n) is 20.5. The fraction of sp³-hybridized carbons (Fsp3) is 0.480. The van der Waals surface area contributed by atoms with E-state index in [-0.39, 0.29) is 36.6 Å². The van der Waals surface area contributed by atoms with Crippen LogP contribution in [0, 0.1) is 5.92 Å². The van der Waals surface area contributed by atoms with E-state index in [1.165, 1.54) is 17.3 Å². The number of furan rings is 1. The van der Waals surface area contributed by atoms with Crippen LogP contribution < -0.4 is 21.7 Å². The molecule has 2 fully saturated rings. The number of nitrogens with one attached hydrogen (secondary N) is 1. The Morgan fingerprint density at radius 1 is 1.22 bits per heavy atom. The number of aromatic nitrogens is 2. The highest BCUT2D eigenvalue weighted by Crippen LogP contribution is 2.37. The van der Waals surface area contributed by atoms with E-state index in [9.17, 15) is 18.0 Å². The molecule has 2 aliphatic rings. The number of hydrogen-bond acceptors (Lipinski definition) is 8. The van der Waals surface area contributed by atoms with Crippen molar-refractivity contribution in [2.24, 2.45) is 11.7 Å². The maximum Gasteiger partial charge on any atom is 0.393 e. The summed E-state index contributed by atoms with van der Waals surface area (Å²) in [5, 5.41) is 2.74. The molecule has 0 unspecified atom stereocenters. The molecular weight excluding hydrogens is 487 g/mol. The standard InChI is InChI=1S/C25H30F3N7O2/c1-34-6-3-14(4-7-34)15-8-20-22(32-10-15)21(23(30)37-20)24(36)33-18-11-31-5-2-19(18)35-12-16(25(26,27)28)9-17(29)13-35/h2,5,8,10-11,14,16-17H,3-4,6-7,9,12-13,29-30H2,1H3,(H,33,36)/t16-,17+/m0/s1. The van der Waals surface area contributed by atoms with Gasteiger partial charge in [0.15, 0.2) is 5.58 Å². The molecule has 12 heteroatoms. The van der Waals surface area contributed by atoms with Gasteiger partial charge in [-0.25, -0.2) is 0 Å². The third kappa shape index (κ3) is 5.21. The van der Waals surface area contributed by atoms with Crippen molar-refractivity contribution in [3.05, 3.63) is 41.9 Å². The van der Waals surface area contributed by atoms with Crippen LogP contribution in [0.2, 0.25) is 0 Å². The van der Waals surface area contributed by atoms with Gasteiger partial charge < -0.3 is 31.0 Å². The SMILES string of the molecule is CN1CCC(c2cnc3c(C(=O)Nc4cnccc4N4C[C@H](N)C[C@H](C(F)(F)F)C4)c(N)oc3c2)CC1. The number of fused-ring (bicyclic) bond motifs is 1. The summed E-state index contributed by atoms with van der Waals surface area (Å²) in [5.41, 5.74) is 14.5. The molecule has 5 rings (SSSR count). The van der Waals surface area contributed by atoms with Crippen LogP contribution in [0.15, 0.2) is 35.1 Å². The predicted octanol–water partition coefficient (Wildman–Crippen LogP) is 3.58. The molecule has 0 spiro atoms. The summed E-state index contributed by atoms with van der Waals surface area (Å²) in [6.07, 6.45) is 2.11. The van der Waals surface area contributed by atoms with Gasteiger partial charge in [-0.3, -0.25) is 14.8 Å². The number of pyridine rings is 2. The average Bonchev–Trinajstić information content (AvgIpc) is 3.19. The summed E-state index contributed by atoms with van der Waals surface area (Å²) in [6.45, 7) is 1.95. The number of nitrogen functional groups attached to an aromatic ring is 1. The van der Waals surface area contributed by atoms with Crippen molar-refractivity contribution in [3.63, 3.8) is 0 Å². The summed E-state index contributed by atoms with van der Waals surface area (Å²) in [5.74, 6) is -1.88. The molecule has 0 aromatic carbocycles. The number of hydrogen-bond donors (Lipinski definition) is 3. The summed E-state index contributed by atoms with van der Waals surface area (Å²) in [4.78, 5) is 25.7. The fourth-order valence-corrected chi connectivity index (χ4v) is 5.31. The first kappa shape index (κ1) is 25.3. The van der Waals surface area contributed by atoms with Gasteiger partial charge in [0.05, 0.1) is 23.5 Å². The number of piperidine rings is 2. The zero-order valence-corrected chi connectivity index (χ0v) is 20.5. The molecular formula is C25H30F3N7O2. The van der Waals surface area contributed by atoms with E-state index in [0.29, 0.717) is 22.7 Å². The maximum atomic E-state index is 13.5. The lowest BCUT2D eigenvalue weighted by molar-refractivity contribution is -0.177. The van der Waals surface area contributed by atoms with Crippen molar-refractivity contribution in [1.29, 1.82) is 0 Å². The van der Waals surface area contributed by atoms with Gasteiger partial charge in [0.25, 0.3) is 5.91 Å². The van der Waals surface area contributed by atoms with Crippen LogP contribution in [0.4, 0.5) is 30.4 Å². The van der Waals surface area contributed by atoms with Crippen molar-refractivity contribution in [2.45, 2.75) is 37.4 Å². The van der Waals surface area contributed by atoms with Gasteiger partial charge >= 0.3 is 6.18 Å². The highest BCUT2D eigenvalue weighted by molar-refractivity contribution is 6.15. The van der Waals surface area contributed by atoms with Gasteiger partial charge in [-0.1, -0.05) is 0 Å². The van der Waals surface area contributed by atoms with Crippen molar-refractivity contribution < 1.29 is 22.4 Å². The Balaban J connectivity index is 1.39. The molecule has 198 valence electrons. The first-order valence-electron chi connectivity index (χ1n) is 12.3. The summed E-state index contributed by atoms with van der Waals surface area (Å²) < 4.78 is 46.1. The Morgan fingerprint density at radius 3 is 2.70 bits per heavy atom. The number of likely N-dealkylation sites (tertiary alicyclic amines) is 1. The summed E-state index contributed by atoms with van der Waals surface area (Å²) in [7, 11) is 2.09. The molecule has 0 radical (unpaired) electrons. The van der Waals surface area contributed by atoms with Crippen molar-refractivity contribution in [1.82, 2.24) is 14.9 Å². The van der Waals surface area contributed by atoms with Crippen molar-refractivity contribution in [3.8, 4) is 0 Å². The smallest absolute Gasteiger partial charge is 0.393 e. The number of carbonyl (C=O) groups excluding carboxylic acids is 1. The van der Waals surface area contributed by atoms with E-state index < -0.39 is 24.0 Å². The number of anilines is 3. The lowest BCUT2D eigenvalue weighted by atomic mass is 9.90. The van der Waals surface area contributed by atoms with Gasteiger partial charge in [-0.2, -0.15) is 13.2 Å². The largest absolute Gasteiger partial charge is 0.438 e. The monoisotopic (exact) mass is 517 g/mol. The van der Waals surface area contributed by atoms with Crippen LogP contribution in [-0.4, -0.2) is 66.2 Å². The van der Waals surface area contributed by atoms with Crippen molar-refractivity contribution in [2.75, 3.05) is 49.2 Å². The lowest BCUT2D eigenvalue weighted by Crippen LogP contribution is -2.51. The van der Waals surface area contributed by atoms with Gasteiger partial charge in [-0.05, 0) is 63.0 Å². The molecule has 9 nitrogen and oxygen atoms in total. The van der Waals surface area contributed by atoms with E-state index in [1.54, 1.807) is 12.3 Å². The first-order chi connectivity index (χ1) is 17.6. The molecule has 1 amide bonds. The average molecular weight is 518 g/mol. The van der Waals surface area contributed by atoms with E-state index in [4.69, 9.17) is 15.9 Å². The Hall–Kier alpha value is -3.38. The van der Waals surface area contributed by atoms with Crippen LogP contribution in [0.5, 0.6) is 0 Å². The molecule has 37 heavy (non-hydrogen) atoms. The third-order valence-electron chi connectivity index (χ3n) is 7.33. The predicted molar refractivity (Wildman–Crippen MR) is 134 cm³/mol. The van der Waals surface area contributed by atoms with Crippen molar-refractivity contribution >= 4 is 34.3 Å². The Labute approximate surface area is 212 Å². The Morgan fingerprint density at radius 2 is 1.97 bits per heavy atom. The number of carbonyl (C=O) groups is 1.